The van der Waals surface area contributed by atoms with Crippen molar-refractivity contribution >= 4 is 10.8 Å². The zero-order valence-corrected chi connectivity index (χ0v) is 10.2. The van der Waals surface area contributed by atoms with Crippen LogP contribution in [0.1, 0.15) is 18.0 Å². The molecule has 0 spiro atoms. The minimum atomic E-state index is 0.158. The first-order valence-corrected chi connectivity index (χ1v) is 5.75. The van der Waals surface area contributed by atoms with Crippen LogP contribution in [0.25, 0.3) is 10.8 Å². The molecule has 0 N–H and O–H groups in total. The van der Waals surface area contributed by atoms with Gasteiger partial charge in [-0.15, -0.1) is 0 Å². The number of rotatable bonds is 3. The fraction of sp³-hybridized carbons (Fsp3) is 0.267. The maximum atomic E-state index is 8.94. The van der Waals surface area contributed by atoms with Crippen LogP contribution in [0, 0.1) is 11.3 Å². The lowest BCUT2D eigenvalue weighted by atomic mass is 9.96. The fourth-order valence-electron chi connectivity index (χ4n) is 2.20. The molecule has 17 heavy (non-hydrogen) atoms. The van der Waals surface area contributed by atoms with Crippen LogP contribution in [0.15, 0.2) is 42.5 Å². The Hall–Kier alpha value is -1.85. The van der Waals surface area contributed by atoms with E-state index in [0.29, 0.717) is 6.42 Å². The van der Waals surface area contributed by atoms with E-state index in [1.807, 2.05) is 26.2 Å². The van der Waals surface area contributed by atoms with Crippen LogP contribution in [0.4, 0.5) is 0 Å². The first-order valence-electron chi connectivity index (χ1n) is 5.75. The number of hydrogen-bond acceptors (Lipinski definition) is 2. The summed E-state index contributed by atoms with van der Waals surface area (Å²) in [5.41, 5.74) is 1.23. The van der Waals surface area contributed by atoms with Gasteiger partial charge in [-0.2, -0.15) is 5.26 Å². The van der Waals surface area contributed by atoms with E-state index in [0.717, 1.165) is 0 Å². The van der Waals surface area contributed by atoms with E-state index in [-0.39, 0.29) is 6.04 Å². The van der Waals surface area contributed by atoms with Crippen molar-refractivity contribution in [3.05, 3.63) is 48.0 Å². The van der Waals surface area contributed by atoms with E-state index in [9.17, 15) is 0 Å². The Bertz CT molecular complexity index is 547. The summed E-state index contributed by atoms with van der Waals surface area (Å²) in [5, 5.41) is 11.4. The van der Waals surface area contributed by atoms with E-state index in [1.165, 1.54) is 16.3 Å². The van der Waals surface area contributed by atoms with Gasteiger partial charge >= 0.3 is 0 Å². The topological polar surface area (TPSA) is 27.0 Å². The van der Waals surface area contributed by atoms with E-state index in [4.69, 9.17) is 5.26 Å². The van der Waals surface area contributed by atoms with E-state index in [2.05, 4.69) is 41.3 Å². The maximum Gasteiger partial charge on any atom is 0.0641 e. The van der Waals surface area contributed by atoms with Crippen LogP contribution in [0.3, 0.4) is 0 Å². The molecule has 0 radical (unpaired) electrons. The molecule has 0 amide bonds. The number of fused-ring (bicyclic) bond motifs is 1. The van der Waals surface area contributed by atoms with Crippen molar-refractivity contribution in [1.82, 2.24) is 4.90 Å². The van der Waals surface area contributed by atoms with Crippen LogP contribution in [-0.4, -0.2) is 19.0 Å². The second-order valence-corrected chi connectivity index (χ2v) is 4.41. The zero-order chi connectivity index (χ0) is 12.3. The second kappa shape index (κ2) is 4.99. The van der Waals surface area contributed by atoms with Gasteiger partial charge in [0.1, 0.15) is 0 Å². The number of nitrogens with zero attached hydrogens (tertiary/aromatic N) is 2. The minimum Gasteiger partial charge on any atom is -0.301 e. The average molecular weight is 224 g/mol. The van der Waals surface area contributed by atoms with Gasteiger partial charge in [-0.3, -0.25) is 0 Å². The Labute approximate surface area is 102 Å². The molecule has 2 heteroatoms. The van der Waals surface area contributed by atoms with E-state index >= 15 is 0 Å². The summed E-state index contributed by atoms with van der Waals surface area (Å²) < 4.78 is 0. The number of hydrogen-bond donors (Lipinski definition) is 0. The average Bonchev–Trinajstić information content (AvgIpc) is 2.35. The van der Waals surface area contributed by atoms with Gasteiger partial charge in [0.15, 0.2) is 0 Å². The fourth-order valence-corrected chi connectivity index (χ4v) is 2.20. The predicted molar refractivity (Wildman–Crippen MR) is 70.6 cm³/mol. The summed E-state index contributed by atoms with van der Waals surface area (Å²) in [6.45, 7) is 0. The van der Waals surface area contributed by atoms with Crippen molar-refractivity contribution < 1.29 is 0 Å². The lowest BCUT2D eigenvalue weighted by Gasteiger charge is -2.23. The van der Waals surface area contributed by atoms with E-state index in [1.54, 1.807) is 0 Å². The third-order valence-corrected chi connectivity index (χ3v) is 3.09. The molecular formula is C15H16N2. The Morgan fingerprint density at radius 1 is 1.12 bits per heavy atom. The van der Waals surface area contributed by atoms with E-state index < -0.39 is 0 Å². The molecule has 0 aliphatic rings. The molecular weight excluding hydrogens is 208 g/mol. The Morgan fingerprint density at radius 3 is 2.53 bits per heavy atom. The number of nitriles is 1. The highest BCUT2D eigenvalue weighted by molar-refractivity contribution is 5.86. The van der Waals surface area contributed by atoms with Crippen LogP contribution in [-0.2, 0) is 0 Å². The first-order chi connectivity index (χ1) is 8.24. The van der Waals surface area contributed by atoms with Crippen LogP contribution in [0.2, 0.25) is 0 Å². The summed E-state index contributed by atoms with van der Waals surface area (Å²) in [4.78, 5) is 2.10. The van der Waals surface area contributed by atoms with Crippen molar-refractivity contribution in [1.29, 1.82) is 5.26 Å². The lowest BCUT2D eigenvalue weighted by Crippen LogP contribution is -2.19. The third-order valence-electron chi connectivity index (χ3n) is 3.09. The van der Waals surface area contributed by atoms with Gasteiger partial charge in [0.2, 0.25) is 0 Å². The summed E-state index contributed by atoms with van der Waals surface area (Å²) in [5.74, 6) is 0. The molecule has 2 nitrogen and oxygen atoms in total. The van der Waals surface area contributed by atoms with Gasteiger partial charge in [-0.1, -0.05) is 42.5 Å². The molecule has 1 atom stereocenters. The molecule has 86 valence electrons. The van der Waals surface area contributed by atoms with Gasteiger partial charge in [0, 0.05) is 6.04 Å². The van der Waals surface area contributed by atoms with Crippen molar-refractivity contribution in [2.24, 2.45) is 0 Å². The van der Waals surface area contributed by atoms with Crippen LogP contribution < -0.4 is 0 Å². The molecule has 0 aromatic heterocycles. The molecule has 0 saturated carbocycles. The molecule has 0 bridgehead atoms. The standard InChI is InChI=1S/C15H16N2/c1-17(2)15(10-11-16)14-9-5-7-12-6-3-4-8-13(12)14/h3-9,15H,10H2,1-2H3. The molecule has 0 aliphatic heterocycles. The second-order valence-electron chi connectivity index (χ2n) is 4.41. The Morgan fingerprint density at radius 2 is 1.82 bits per heavy atom. The largest absolute Gasteiger partial charge is 0.301 e. The molecule has 2 rings (SSSR count). The normalized spacial score (nSPS) is 12.6. The minimum absolute atomic E-state index is 0.158. The molecule has 2 aromatic rings. The number of benzene rings is 2. The third kappa shape index (κ3) is 2.30. The Kier molecular flexibility index (Phi) is 3.41. The highest BCUT2D eigenvalue weighted by Crippen LogP contribution is 2.28. The quantitative estimate of drug-likeness (QED) is 0.799. The predicted octanol–water partition coefficient (Wildman–Crippen LogP) is 3.36. The zero-order valence-electron chi connectivity index (χ0n) is 10.2. The van der Waals surface area contributed by atoms with Gasteiger partial charge in [-0.05, 0) is 30.4 Å². The SMILES string of the molecule is CN(C)C(CC#N)c1cccc2ccccc12. The monoisotopic (exact) mass is 224 g/mol. The molecule has 1 unspecified atom stereocenters. The Balaban J connectivity index is 2.57. The van der Waals surface area contributed by atoms with Crippen LogP contribution >= 0.6 is 0 Å². The van der Waals surface area contributed by atoms with Crippen molar-refractivity contribution in [2.45, 2.75) is 12.5 Å². The van der Waals surface area contributed by atoms with Crippen molar-refractivity contribution in [2.75, 3.05) is 14.1 Å². The smallest absolute Gasteiger partial charge is 0.0641 e. The maximum absolute atomic E-state index is 8.94. The van der Waals surface area contributed by atoms with Crippen molar-refractivity contribution in [3.8, 4) is 6.07 Å². The van der Waals surface area contributed by atoms with Gasteiger partial charge in [0.05, 0.1) is 12.5 Å². The van der Waals surface area contributed by atoms with Gasteiger partial charge in [0.25, 0.3) is 0 Å². The summed E-state index contributed by atoms with van der Waals surface area (Å²) >= 11 is 0. The molecule has 0 aliphatic carbocycles. The molecule has 0 saturated heterocycles. The first kappa shape index (κ1) is 11.6. The summed E-state index contributed by atoms with van der Waals surface area (Å²) in [6, 6.07) is 17.0. The molecule has 2 aromatic carbocycles. The highest BCUT2D eigenvalue weighted by atomic mass is 15.1. The summed E-state index contributed by atoms with van der Waals surface area (Å²) in [6.07, 6.45) is 0.515. The van der Waals surface area contributed by atoms with Crippen molar-refractivity contribution in [3.63, 3.8) is 0 Å². The lowest BCUT2D eigenvalue weighted by molar-refractivity contribution is 0.305. The summed E-state index contributed by atoms with van der Waals surface area (Å²) in [7, 11) is 4.04. The van der Waals surface area contributed by atoms with Gasteiger partial charge < -0.3 is 4.90 Å². The van der Waals surface area contributed by atoms with Gasteiger partial charge in [-0.25, -0.2) is 0 Å². The highest BCUT2D eigenvalue weighted by Gasteiger charge is 2.15. The molecule has 0 heterocycles. The molecule has 0 fully saturated rings. The van der Waals surface area contributed by atoms with Crippen LogP contribution in [0.5, 0.6) is 0 Å².